The number of amides is 1. The lowest BCUT2D eigenvalue weighted by Crippen LogP contribution is -2.34. The lowest BCUT2D eigenvalue weighted by Gasteiger charge is -2.16. The van der Waals surface area contributed by atoms with Gasteiger partial charge in [-0.1, -0.05) is 0 Å². The van der Waals surface area contributed by atoms with Crippen LogP contribution in [0.25, 0.3) is 0 Å². The minimum Gasteiger partial charge on any atom is -0.491 e. The Kier molecular flexibility index (Phi) is 7.97. The van der Waals surface area contributed by atoms with Crippen LogP contribution in [-0.4, -0.2) is 57.2 Å². The molecular formula is C21H25N3O5S2. The first-order valence-electron chi connectivity index (χ1n) is 9.84. The molecule has 3 rings (SSSR count). The molecule has 1 saturated heterocycles. The Morgan fingerprint density at radius 2 is 1.68 bits per heavy atom. The summed E-state index contributed by atoms with van der Waals surface area (Å²) in [5.41, 5.74) is 1.00. The van der Waals surface area contributed by atoms with Gasteiger partial charge in [0.1, 0.15) is 12.4 Å². The predicted molar refractivity (Wildman–Crippen MR) is 122 cm³/mol. The summed E-state index contributed by atoms with van der Waals surface area (Å²) in [7, 11) is -1.87. The quantitative estimate of drug-likeness (QED) is 0.459. The fourth-order valence-corrected chi connectivity index (χ4v) is 4.80. The van der Waals surface area contributed by atoms with E-state index in [-0.39, 0.29) is 15.9 Å². The van der Waals surface area contributed by atoms with Crippen molar-refractivity contribution in [3.63, 3.8) is 0 Å². The molecule has 1 heterocycles. The summed E-state index contributed by atoms with van der Waals surface area (Å²) in [6, 6.07) is 13.0. The van der Waals surface area contributed by atoms with Gasteiger partial charge in [0.15, 0.2) is 5.11 Å². The van der Waals surface area contributed by atoms with E-state index in [0.717, 1.165) is 12.8 Å². The summed E-state index contributed by atoms with van der Waals surface area (Å²) in [5.74, 6) is 0.271. The number of anilines is 1. The van der Waals surface area contributed by atoms with Crippen LogP contribution in [0.2, 0.25) is 0 Å². The molecule has 2 aromatic rings. The number of methoxy groups -OCH3 is 1. The van der Waals surface area contributed by atoms with Crippen molar-refractivity contribution in [2.45, 2.75) is 17.7 Å². The molecule has 0 atom stereocenters. The monoisotopic (exact) mass is 463 g/mol. The number of ether oxygens (including phenoxy) is 2. The Labute approximate surface area is 187 Å². The summed E-state index contributed by atoms with van der Waals surface area (Å²) in [6.45, 7) is 2.01. The molecule has 0 aromatic heterocycles. The molecule has 1 fully saturated rings. The Hall–Kier alpha value is -2.53. The molecule has 31 heavy (non-hydrogen) atoms. The number of benzene rings is 2. The first-order valence-corrected chi connectivity index (χ1v) is 11.7. The largest absolute Gasteiger partial charge is 0.491 e. The van der Waals surface area contributed by atoms with E-state index in [1.165, 1.54) is 16.4 Å². The molecule has 2 N–H and O–H groups in total. The topological polar surface area (TPSA) is 97.0 Å². The van der Waals surface area contributed by atoms with Crippen LogP contribution in [-0.2, 0) is 14.8 Å². The van der Waals surface area contributed by atoms with E-state index in [0.29, 0.717) is 43.3 Å². The number of nitrogens with one attached hydrogen (secondary N) is 2. The molecule has 166 valence electrons. The van der Waals surface area contributed by atoms with E-state index in [9.17, 15) is 13.2 Å². The number of rotatable bonds is 8. The molecule has 0 spiro atoms. The van der Waals surface area contributed by atoms with Gasteiger partial charge >= 0.3 is 0 Å². The lowest BCUT2D eigenvalue weighted by molar-refractivity contribution is 0.0977. The summed E-state index contributed by atoms with van der Waals surface area (Å²) in [6.07, 6.45) is 1.77. The molecule has 1 aliphatic rings. The first-order chi connectivity index (χ1) is 14.9. The number of hydrogen-bond donors (Lipinski definition) is 2. The molecular weight excluding hydrogens is 438 g/mol. The number of carbonyl (C=O) groups is 1. The van der Waals surface area contributed by atoms with E-state index in [4.69, 9.17) is 21.7 Å². The average Bonchev–Trinajstić information content (AvgIpc) is 3.30. The maximum atomic E-state index is 12.6. The van der Waals surface area contributed by atoms with Crippen molar-refractivity contribution < 1.29 is 22.7 Å². The van der Waals surface area contributed by atoms with Crippen molar-refractivity contribution >= 4 is 38.9 Å². The van der Waals surface area contributed by atoms with E-state index in [1.54, 1.807) is 43.5 Å². The van der Waals surface area contributed by atoms with Crippen LogP contribution >= 0.6 is 12.2 Å². The molecule has 0 bridgehead atoms. The van der Waals surface area contributed by atoms with Gasteiger partial charge in [-0.05, 0) is 73.6 Å². The van der Waals surface area contributed by atoms with Crippen molar-refractivity contribution in [2.75, 3.05) is 38.7 Å². The van der Waals surface area contributed by atoms with Gasteiger partial charge in [-0.3, -0.25) is 10.1 Å². The van der Waals surface area contributed by atoms with Gasteiger partial charge in [-0.15, -0.1) is 0 Å². The zero-order chi connectivity index (χ0) is 22.3. The molecule has 2 aromatic carbocycles. The number of thiocarbonyl (C=S) groups is 1. The van der Waals surface area contributed by atoms with Gasteiger partial charge in [0.05, 0.1) is 11.5 Å². The summed E-state index contributed by atoms with van der Waals surface area (Å²) < 4.78 is 37.0. The highest BCUT2D eigenvalue weighted by Crippen LogP contribution is 2.22. The fraction of sp³-hybridized carbons (Fsp3) is 0.333. The third-order valence-corrected chi connectivity index (χ3v) is 6.83. The first kappa shape index (κ1) is 23.1. The zero-order valence-corrected chi connectivity index (χ0v) is 18.8. The predicted octanol–water partition coefficient (Wildman–Crippen LogP) is 2.62. The Balaban J connectivity index is 1.53. The Bertz CT molecular complexity index is 1000. The van der Waals surface area contributed by atoms with E-state index in [2.05, 4.69) is 10.6 Å². The molecule has 1 aliphatic heterocycles. The third-order valence-electron chi connectivity index (χ3n) is 4.71. The number of hydrogen-bond acceptors (Lipinski definition) is 6. The lowest BCUT2D eigenvalue weighted by atomic mass is 10.2. The number of sulfonamides is 1. The number of carbonyl (C=O) groups excluding carboxylic acids is 1. The van der Waals surface area contributed by atoms with Gasteiger partial charge in [0, 0.05) is 31.5 Å². The molecule has 0 radical (unpaired) electrons. The second-order valence-corrected chi connectivity index (χ2v) is 9.26. The minimum atomic E-state index is -3.46. The second kappa shape index (κ2) is 10.7. The van der Waals surface area contributed by atoms with E-state index < -0.39 is 10.0 Å². The van der Waals surface area contributed by atoms with Crippen LogP contribution in [0, 0.1) is 0 Å². The van der Waals surface area contributed by atoms with Crippen molar-refractivity contribution in [1.82, 2.24) is 9.62 Å². The van der Waals surface area contributed by atoms with Crippen molar-refractivity contribution in [2.24, 2.45) is 0 Å². The number of nitrogens with zero attached hydrogens (tertiary/aromatic N) is 1. The van der Waals surface area contributed by atoms with Gasteiger partial charge in [0.2, 0.25) is 10.0 Å². The third kappa shape index (κ3) is 6.23. The maximum absolute atomic E-state index is 12.6. The van der Waals surface area contributed by atoms with Crippen LogP contribution < -0.4 is 15.4 Å². The summed E-state index contributed by atoms with van der Waals surface area (Å²) >= 11 is 5.19. The van der Waals surface area contributed by atoms with Crippen LogP contribution in [0.1, 0.15) is 23.2 Å². The highest BCUT2D eigenvalue weighted by atomic mass is 32.2. The molecule has 0 unspecified atom stereocenters. The highest BCUT2D eigenvalue weighted by molar-refractivity contribution is 7.89. The van der Waals surface area contributed by atoms with Gasteiger partial charge < -0.3 is 14.8 Å². The average molecular weight is 464 g/mol. The molecule has 10 heteroatoms. The fourth-order valence-electron chi connectivity index (χ4n) is 3.07. The van der Waals surface area contributed by atoms with Crippen LogP contribution in [0.5, 0.6) is 5.75 Å². The van der Waals surface area contributed by atoms with Crippen molar-refractivity contribution in [3.05, 3.63) is 54.1 Å². The molecule has 0 saturated carbocycles. The molecule has 8 nitrogen and oxygen atoms in total. The Morgan fingerprint density at radius 3 is 2.29 bits per heavy atom. The summed E-state index contributed by atoms with van der Waals surface area (Å²) in [5, 5.41) is 5.60. The van der Waals surface area contributed by atoms with Crippen LogP contribution in [0.4, 0.5) is 5.69 Å². The minimum absolute atomic E-state index is 0.112. The molecule has 1 amide bonds. The van der Waals surface area contributed by atoms with Gasteiger partial charge in [-0.25, -0.2) is 8.42 Å². The van der Waals surface area contributed by atoms with Crippen LogP contribution in [0.15, 0.2) is 53.4 Å². The second-order valence-electron chi connectivity index (χ2n) is 6.91. The van der Waals surface area contributed by atoms with Gasteiger partial charge in [-0.2, -0.15) is 4.31 Å². The van der Waals surface area contributed by atoms with Crippen molar-refractivity contribution in [1.29, 1.82) is 0 Å². The molecule has 0 aliphatic carbocycles. The normalized spacial score (nSPS) is 14.2. The van der Waals surface area contributed by atoms with Crippen LogP contribution in [0.3, 0.4) is 0 Å². The smallest absolute Gasteiger partial charge is 0.257 e. The van der Waals surface area contributed by atoms with E-state index in [1.807, 2.05) is 0 Å². The standard InChI is InChI=1S/C21H25N3O5S2/c1-28-14-15-29-18-8-4-16(5-9-18)20(25)23-21(30)22-17-6-10-19(11-7-17)31(26,27)24-12-2-3-13-24/h4-11H,2-3,12-15H2,1H3,(H2,22,23,25,30). The van der Waals surface area contributed by atoms with Gasteiger partial charge in [0.25, 0.3) is 5.91 Å². The highest BCUT2D eigenvalue weighted by Gasteiger charge is 2.26. The summed E-state index contributed by atoms with van der Waals surface area (Å²) in [4.78, 5) is 12.6. The SMILES string of the molecule is COCCOc1ccc(C(=O)NC(=S)Nc2ccc(S(=O)(=O)N3CCCC3)cc2)cc1. The van der Waals surface area contributed by atoms with E-state index >= 15 is 0 Å². The Morgan fingerprint density at radius 1 is 1.03 bits per heavy atom. The van der Waals surface area contributed by atoms with Crippen molar-refractivity contribution in [3.8, 4) is 5.75 Å². The maximum Gasteiger partial charge on any atom is 0.257 e. The zero-order valence-electron chi connectivity index (χ0n) is 17.2.